The molecule has 0 bridgehead atoms. The van der Waals surface area contributed by atoms with Gasteiger partial charge in [-0.15, -0.1) is 0 Å². The molecule has 0 unspecified atom stereocenters. The monoisotopic (exact) mass is 278 g/mol. The van der Waals surface area contributed by atoms with Crippen LogP contribution in [0.4, 0.5) is 0 Å². The van der Waals surface area contributed by atoms with Crippen molar-refractivity contribution in [1.29, 1.82) is 0 Å². The van der Waals surface area contributed by atoms with Crippen LogP contribution in [-0.2, 0) is 0 Å². The van der Waals surface area contributed by atoms with Gasteiger partial charge >= 0.3 is 11.1 Å². The van der Waals surface area contributed by atoms with E-state index >= 15 is 0 Å². The number of hydrogen-bond acceptors (Lipinski definition) is 2. The van der Waals surface area contributed by atoms with Crippen LogP contribution in [0, 0.1) is 0 Å². The molecule has 1 saturated carbocycles. The van der Waals surface area contributed by atoms with Crippen molar-refractivity contribution in [1.82, 2.24) is 9.55 Å². The van der Waals surface area contributed by atoms with Gasteiger partial charge in [0.1, 0.15) is 0 Å². The molecule has 1 aliphatic carbocycles. The van der Waals surface area contributed by atoms with Crippen LogP contribution in [0.2, 0.25) is 5.02 Å². The Morgan fingerprint density at radius 3 is 2.63 bits per heavy atom. The number of nitrogens with zero attached hydrogens (tertiary/aromatic N) is 1. The fourth-order valence-electron chi connectivity index (χ4n) is 2.91. The lowest BCUT2D eigenvalue weighted by Crippen LogP contribution is -2.38. The lowest BCUT2D eigenvalue weighted by Gasteiger charge is -2.25. The summed E-state index contributed by atoms with van der Waals surface area (Å²) in [5.74, 6) is 0. The molecule has 1 aromatic carbocycles. The average Bonchev–Trinajstić information content (AvgIpc) is 2.41. The number of hydrogen-bond donors (Lipinski definition) is 1. The van der Waals surface area contributed by atoms with Crippen LogP contribution in [-0.4, -0.2) is 9.55 Å². The van der Waals surface area contributed by atoms with Crippen LogP contribution in [0.5, 0.6) is 0 Å². The Morgan fingerprint density at radius 1 is 1.16 bits per heavy atom. The number of nitrogens with one attached hydrogen (secondary N) is 1. The molecule has 0 radical (unpaired) electrons. The minimum absolute atomic E-state index is 0.132. The van der Waals surface area contributed by atoms with E-state index in [1.807, 2.05) is 6.07 Å². The molecule has 19 heavy (non-hydrogen) atoms. The van der Waals surface area contributed by atoms with Gasteiger partial charge in [-0.2, -0.15) is 0 Å². The van der Waals surface area contributed by atoms with Crippen molar-refractivity contribution in [2.45, 2.75) is 38.1 Å². The molecule has 3 rings (SSSR count). The first-order valence-electron chi connectivity index (χ1n) is 6.61. The quantitative estimate of drug-likeness (QED) is 0.816. The number of H-pyrrole nitrogens is 1. The van der Waals surface area contributed by atoms with Crippen LogP contribution >= 0.6 is 11.6 Å². The highest BCUT2D eigenvalue weighted by Crippen LogP contribution is 2.29. The van der Waals surface area contributed by atoms with E-state index in [4.69, 9.17) is 11.6 Å². The number of halogens is 1. The standard InChI is InChI=1S/C14H15ClN2O2/c15-9-6-7-12-11(8-9)16-13(18)14(19)17(12)10-4-2-1-3-5-10/h6-8,10H,1-5H2,(H,16,18). The average molecular weight is 279 g/mol. The molecule has 1 N–H and O–H groups in total. The zero-order chi connectivity index (χ0) is 13.4. The van der Waals surface area contributed by atoms with E-state index in [-0.39, 0.29) is 6.04 Å². The first kappa shape index (κ1) is 12.5. The van der Waals surface area contributed by atoms with Crippen LogP contribution in [0.15, 0.2) is 27.8 Å². The van der Waals surface area contributed by atoms with Gasteiger partial charge in [0.05, 0.1) is 11.0 Å². The first-order valence-corrected chi connectivity index (χ1v) is 6.99. The van der Waals surface area contributed by atoms with Crippen LogP contribution in [0.3, 0.4) is 0 Å². The largest absolute Gasteiger partial charge is 0.316 e. The van der Waals surface area contributed by atoms with Gasteiger partial charge in [0.2, 0.25) is 0 Å². The first-order chi connectivity index (χ1) is 9.16. The maximum Gasteiger partial charge on any atom is 0.316 e. The van der Waals surface area contributed by atoms with Crippen molar-refractivity contribution in [2.75, 3.05) is 0 Å². The predicted octanol–water partition coefficient (Wildman–Crippen LogP) is 2.85. The molecular formula is C14H15ClN2O2. The fraction of sp³-hybridized carbons (Fsp3) is 0.429. The minimum Gasteiger partial charge on any atom is -0.316 e. The second kappa shape index (κ2) is 4.85. The molecule has 0 aliphatic heterocycles. The normalized spacial score (nSPS) is 16.9. The third-order valence-electron chi connectivity index (χ3n) is 3.82. The van der Waals surface area contributed by atoms with Crippen molar-refractivity contribution < 1.29 is 0 Å². The summed E-state index contributed by atoms with van der Waals surface area (Å²) in [5, 5.41) is 0.553. The summed E-state index contributed by atoms with van der Waals surface area (Å²) in [4.78, 5) is 26.5. The molecule has 1 heterocycles. The highest BCUT2D eigenvalue weighted by Gasteiger charge is 2.19. The molecule has 2 aromatic rings. The van der Waals surface area contributed by atoms with E-state index in [1.165, 1.54) is 6.42 Å². The van der Waals surface area contributed by atoms with Gasteiger partial charge in [-0.05, 0) is 31.0 Å². The molecule has 5 heteroatoms. The molecule has 0 saturated heterocycles. The van der Waals surface area contributed by atoms with Crippen LogP contribution in [0.25, 0.3) is 11.0 Å². The van der Waals surface area contributed by atoms with Gasteiger partial charge in [0.25, 0.3) is 0 Å². The highest BCUT2D eigenvalue weighted by atomic mass is 35.5. The van der Waals surface area contributed by atoms with Crippen molar-refractivity contribution in [3.05, 3.63) is 43.9 Å². The second-order valence-corrected chi connectivity index (χ2v) is 5.52. The predicted molar refractivity (Wildman–Crippen MR) is 76.0 cm³/mol. The summed E-state index contributed by atoms with van der Waals surface area (Å²) >= 11 is 5.94. The lowest BCUT2D eigenvalue weighted by atomic mass is 9.95. The fourth-order valence-corrected chi connectivity index (χ4v) is 3.09. The molecule has 0 atom stereocenters. The van der Waals surface area contributed by atoms with Crippen molar-refractivity contribution in [3.8, 4) is 0 Å². The minimum atomic E-state index is -0.569. The summed E-state index contributed by atoms with van der Waals surface area (Å²) in [7, 11) is 0. The van der Waals surface area contributed by atoms with Gasteiger partial charge < -0.3 is 4.98 Å². The molecular weight excluding hydrogens is 264 g/mol. The number of aromatic amines is 1. The van der Waals surface area contributed by atoms with E-state index in [9.17, 15) is 9.59 Å². The van der Waals surface area contributed by atoms with Gasteiger partial charge in [-0.3, -0.25) is 14.2 Å². The van der Waals surface area contributed by atoms with Crippen molar-refractivity contribution in [2.24, 2.45) is 0 Å². The molecule has 0 amide bonds. The van der Waals surface area contributed by atoms with Crippen LogP contribution in [0.1, 0.15) is 38.1 Å². The Balaban J connectivity index is 2.28. The Labute approximate surface area is 115 Å². The Bertz CT molecular complexity index is 726. The van der Waals surface area contributed by atoms with E-state index in [1.54, 1.807) is 16.7 Å². The molecule has 1 fully saturated rings. The highest BCUT2D eigenvalue weighted by molar-refractivity contribution is 6.31. The topological polar surface area (TPSA) is 54.9 Å². The Kier molecular flexibility index (Phi) is 3.19. The van der Waals surface area contributed by atoms with E-state index in [0.29, 0.717) is 10.5 Å². The SMILES string of the molecule is O=c1[nH]c2cc(Cl)ccc2n(C2CCCCC2)c1=O. The number of rotatable bonds is 1. The zero-order valence-electron chi connectivity index (χ0n) is 10.5. The maximum absolute atomic E-state index is 12.2. The number of fused-ring (bicyclic) bond motifs is 1. The molecule has 0 spiro atoms. The number of benzene rings is 1. The Hall–Kier alpha value is -1.55. The van der Waals surface area contributed by atoms with E-state index in [0.717, 1.165) is 31.2 Å². The summed E-state index contributed by atoms with van der Waals surface area (Å²) in [5.41, 5.74) is 0.366. The third-order valence-corrected chi connectivity index (χ3v) is 4.05. The molecule has 1 aliphatic rings. The summed E-state index contributed by atoms with van der Waals surface area (Å²) in [6, 6.07) is 5.38. The number of aromatic nitrogens is 2. The molecule has 100 valence electrons. The van der Waals surface area contributed by atoms with Gasteiger partial charge in [-0.1, -0.05) is 30.9 Å². The third kappa shape index (κ3) is 2.21. The van der Waals surface area contributed by atoms with E-state index < -0.39 is 11.1 Å². The molecule has 1 aromatic heterocycles. The smallest absolute Gasteiger partial charge is 0.316 e. The Morgan fingerprint density at radius 2 is 1.89 bits per heavy atom. The van der Waals surface area contributed by atoms with Crippen LogP contribution < -0.4 is 11.1 Å². The summed E-state index contributed by atoms with van der Waals surface area (Å²) < 4.78 is 1.66. The van der Waals surface area contributed by atoms with Crippen molar-refractivity contribution >= 4 is 22.6 Å². The van der Waals surface area contributed by atoms with Gasteiger partial charge in [0, 0.05) is 11.1 Å². The summed E-state index contributed by atoms with van der Waals surface area (Å²) in [6.45, 7) is 0. The molecule has 4 nitrogen and oxygen atoms in total. The van der Waals surface area contributed by atoms with Gasteiger partial charge in [-0.25, -0.2) is 0 Å². The van der Waals surface area contributed by atoms with Crippen molar-refractivity contribution in [3.63, 3.8) is 0 Å². The van der Waals surface area contributed by atoms with Gasteiger partial charge in [0.15, 0.2) is 0 Å². The lowest BCUT2D eigenvalue weighted by molar-refractivity contribution is 0.352. The second-order valence-electron chi connectivity index (χ2n) is 5.08. The zero-order valence-corrected chi connectivity index (χ0v) is 11.2. The summed E-state index contributed by atoms with van der Waals surface area (Å²) in [6.07, 6.45) is 5.35. The van der Waals surface area contributed by atoms with E-state index in [2.05, 4.69) is 4.98 Å². The maximum atomic E-state index is 12.2.